The van der Waals surface area contributed by atoms with Crippen LogP contribution in [0.25, 0.3) is 0 Å². The zero-order valence-corrected chi connectivity index (χ0v) is 16.4. The van der Waals surface area contributed by atoms with Crippen LogP contribution in [0.2, 0.25) is 0 Å². The molecule has 1 amide bonds. The first-order valence-corrected chi connectivity index (χ1v) is 9.45. The number of anilines is 1. The largest absolute Gasteiger partial charge is 0.494 e. The van der Waals surface area contributed by atoms with Gasteiger partial charge in [-0.15, -0.1) is 0 Å². The number of esters is 1. The number of carbonyl (C=O) groups excluding carboxylic acids is 2. The summed E-state index contributed by atoms with van der Waals surface area (Å²) in [6, 6.07) is 14.8. The average molecular weight is 383 g/mol. The third kappa shape index (κ3) is 4.44. The summed E-state index contributed by atoms with van der Waals surface area (Å²) in [4.78, 5) is 26.6. The Labute approximate surface area is 165 Å². The quantitative estimate of drug-likeness (QED) is 0.686. The van der Waals surface area contributed by atoms with Crippen molar-refractivity contribution >= 4 is 17.6 Å². The summed E-state index contributed by atoms with van der Waals surface area (Å²) in [7, 11) is 0. The van der Waals surface area contributed by atoms with Crippen LogP contribution in [-0.2, 0) is 20.7 Å². The molecule has 0 aromatic heterocycles. The Hall–Kier alpha value is -3.02. The highest BCUT2D eigenvalue weighted by Crippen LogP contribution is 2.32. The van der Waals surface area contributed by atoms with Gasteiger partial charge in [0.05, 0.1) is 6.61 Å². The molecule has 2 aromatic rings. The maximum absolute atomic E-state index is 12.8. The fourth-order valence-corrected chi connectivity index (χ4v) is 3.32. The molecule has 0 radical (unpaired) electrons. The molecule has 3 rings (SSSR count). The van der Waals surface area contributed by atoms with Crippen LogP contribution in [0.4, 0.5) is 5.69 Å². The molecule has 1 aliphatic rings. The standard InChI is InChI=1S/C22H25NO5/c1-4-26-18-9-11-19(12-10-18)27-14-21(24)28-16(3)22(25)23-15(2)13-17-7-5-6-8-20(17)23/h5-12,15-16H,4,13-14H2,1-3H3/t15-,16+/m0/s1. The number of hydrogen-bond donors (Lipinski definition) is 0. The number of ether oxygens (including phenoxy) is 3. The second kappa shape index (κ2) is 8.78. The molecule has 0 N–H and O–H groups in total. The summed E-state index contributed by atoms with van der Waals surface area (Å²) < 4.78 is 16.1. The van der Waals surface area contributed by atoms with Crippen LogP contribution in [0.3, 0.4) is 0 Å². The molecule has 0 aliphatic carbocycles. The van der Waals surface area contributed by atoms with E-state index >= 15 is 0 Å². The number of amides is 1. The maximum atomic E-state index is 12.8. The Morgan fingerprint density at radius 3 is 2.39 bits per heavy atom. The van der Waals surface area contributed by atoms with Gasteiger partial charge in [0.25, 0.3) is 5.91 Å². The van der Waals surface area contributed by atoms with Crippen molar-refractivity contribution < 1.29 is 23.8 Å². The van der Waals surface area contributed by atoms with Crippen molar-refractivity contribution in [3.63, 3.8) is 0 Å². The predicted molar refractivity (Wildman–Crippen MR) is 106 cm³/mol. The van der Waals surface area contributed by atoms with Gasteiger partial charge >= 0.3 is 5.97 Å². The van der Waals surface area contributed by atoms with Gasteiger partial charge in [0.1, 0.15) is 11.5 Å². The minimum Gasteiger partial charge on any atom is -0.494 e. The summed E-state index contributed by atoms with van der Waals surface area (Å²) in [6.07, 6.45) is -0.0892. The van der Waals surface area contributed by atoms with E-state index in [9.17, 15) is 9.59 Å². The number of fused-ring (bicyclic) bond motifs is 1. The molecule has 0 saturated carbocycles. The molecule has 0 saturated heterocycles. The van der Waals surface area contributed by atoms with Gasteiger partial charge in [-0.25, -0.2) is 4.79 Å². The van der Waals surface area contributed by atoms with Gasteiger partial charge in [-0.3, -0.25) is 4.79 Å². The van der Waals surface area contributed by atoms with Gasteiger partial charge in [-0.2, -0.15) is 0 Å². The summed E-state index contributed by atoms with van der Waals surface area (Å²) in [5, 5.41) is 0. The molecule has 6 nitrogen and oxygen atoms in total. The van der Waals surface area contributed by atoms with E-state index in [0.29, 0.717) is 12.4 Å². The summed E-state index contributed by atoms with van der Waals surface area (Å²) in [5.74, 6) is 0.444. The van der Waals surface area contributed by atoms with Crippen LogP contribution in [0, 0.1) is 0 Å². The van der Waals surface area contributed by atoms with Crippen molar-refractivity contribution in [1.29, 1.82) is 0 Å². The lowest BCUT2D eigenvalue weighted by Crippen LogP contribution is -2.43. The monoisotopic (exact) mass is 383 g/mol. The highest BCUT2D eigenvalue weighted by Gasteiger charge is 2.34. The molecular formula is C22H25NO5. The van der Waals surface area contributed by atoms with E-state index in [0.717, 1.165) is 23.4 Å². The van der Waals surface area contributed by atoms with Crippen LogP contribution in [0.15, 0.2) is 48.5 Å². The first-order chi connectivity index (χ1) is 13.5. The smallest absolute Gasteiger partial charge is 0.344 e. The third-order valence-electron chi connectivity index (χ3n) is 4.59. The predicted octanol–water partition coefficient (Wildman–Crippen LogP) is 3.37. The van der Waals surface area contributed by atoms with Gasteiger partial charge in [0.15, 0.2) is 12.7 Å². The molecule has 1 heterocycles. The second-order valence-electron chi connectivity index (χ2n) is 6.72. The fourth-order valence-electron chi connectivity index (χ4n) is 3.32. The van der Waals surface area contributed by atoms with Crippen LogP contribution in [0.1, 0.15) is 26.3 Å². The normalized spacial score (nSPS) is 16.2. The molecule has 0 bridgehead atoms. The minimum absolute atomic E-state index is 0.0335. The van der Waals surface area contributed by atoms with Gasteiger partial charge in [0, 0.05) is 11.7 Å². The topological polar surface area (TPSA) is 65.1 Å². The van der Waals surface area contributed by atoms with E-state index < -0.39 is 12.1 Å². The maximum Gasteiger partial charge on any atom is 0.344 e. The molecule has 0 spiro atoms. The highest BCUT2D eigenvalue weighted by atomic mass is 16.6. The number of nitrogens with zero attached hydrogens (tertiary/aromatic N) is 1. The summed E-state index contributed by atoms with van der Waals surface area (Å²) in [5.41, 5.74) is 2.01. The van der Waals surface area contributed by atoms with Crippen molar-refractivity contribution in [3.8, 4) is 11.5 Å². The van der Waals surface area contributed by atoms with Gasteiger partial charge in [-0.05, 0) is 63.1 Å². The highest BCUT2D eigenvalue weighted by molar-refractivity contribution is 5.99. The molecule has 0 fully saturated rings. The lowest BCUT2D eigenvalue weighted by atomic mass is 10.1. The van der Waals surface area contributed by atoms with E-state index in [4.69, 9.17) is 14.2 Å². The molecule has 6 heteroatoms. The molecule has 2 aromatic carbocycles. The van der Waals surface area contributed by atoms with Gasteiger partial charge in [-0.1, -0.05) is 18.2 Å². The Balaban J connectivity index is 1.53. The molecule has 0 unspecified atom stereocenters. The lowest BCUT2D eigenvalue weighted by Gasteiger charge is -2.25. The average Bonchev–Trinajstić information content (AvgIpc) is 3.02. The zero-order chi connectivity index (χ0) is 20.1. The van der Waals surface area contributed by atoms with Crippen molar-refractivity contribution in [2.24, 2.45) is 0 Å². The molecule has 28 heavy (non-hydrogen) atoms. The van der Waals surface area contributed by atoms with Crippen molar-refractivity contribution in [3.05, 3.63) is 54.1 Å². The second-order valence-corrected chi connectivity index (χ2v) is 6.72. The van der Waals surface area contributed by atoms with E-state index in [2.05, 4.69) is 0 Å². The number of benzene rings is 2. The van der Waals surface area contributed by atoms with Gasteiger partial charge in [0.2, 0.25) is 0 Å². The van der Waals surface area contributed by atoms with Crippen LogP contribution >= 0.6 is 0 Å². The zero-order valence-electron chi connectivity index (χ0n) is 16.4. The Kier molecular flexibility index (Phi) is 6.19. The molecule has 148 valence electrons. The third-order valence-corrected chi connectivity index (χ3v) is 4.59. The Morgan fingerprint density at radius 1 is 1.07 bits per heavy atom. The van der Waals surface area contributed by atoms with Crippen molar-refractivity contribution in [2.45, 2.75) is 39.3 Å². The van der Waals surface area contributed by atoms with Crippen LogP contribution < -0.4 is 14.4 Å². The molecule has 2 atom stereocenters. The fraction of sp³-hybridized carbons (Fsp3) is 0.364. The Morgan fingerprint density at radius 2 is 1.71 bits per heavy atom. The van der Waals surface area contributed by atoms with E-state index in [-0.39, 0.29) is 18.6 Å². The van der Waals surface area contributed by atoms with E-state index in [1.165, 1.54) is 0 Å². The summed E-state index contributed by atoms with van der Waals surface area (Å²) >= 11 is 0. The number of rotatable bonds is 7. The number of hydrogen-bond acceptors (Lipinski definition) is 5. The van der Waals surface area contributed by atoms with E-state index in [1.54, 1.807) is 36.1 Å². The number of para-hydroxylation sites is 1. The van der Waals surface area contributed by atoms with Gasteiger partial charge < -0.3 is 19.1 Å². The lowest BCUT2D eigenvalue weighted by molar-refractivity contribution is -0.155. The summed E-state index contributed by atoms with van der Waals surface area (Å²) in [6.45, 7) is 5.80. The minimum atomic E-state index is -0.884. The van der Waals surface area contributed by atoms with Crippen LogP contribution in [-0.4, -0.2) is 37.2 Å². The SMILES string of the molecule is CCOc1ccc(OCC(=O)O[C@H](C)C(=O)N2c3ccccc3C[C@@H]2C)cc1. The molecule has 1 aliphatic heterocycles. The molecular weight excluding hydrogens is 358 g/mol. The van der Waals surface area contributed by atoms with Crippen LogP contribution in [0.5, 0.6) is 11.5 Å². The number of carbonyl (C=O) groups is 2. The van der Waals surface area contributed by atoms with E-state index in [1.807, 2.05) is 38.1 Å². The van der Waals surface area contributed by atoms with Crippen molar-refractivity contribution in [1.82, 2.24) is 0 Å². The Bertz CT molecular complexity index is 833. The first-order valence-electron chi connectivity index (χ1n) is 9.45. The van der Waals surface area contributed by atoms with Crippen molar-refractivity contribution in [2.75, 3.05) is 18.1 Å². The first kappa shape index (κ1) is 19.7.